The third kappa shape index (κ3) is 4.35. The first-order valence-electron chi connectivity index (χ1n) is 11.9. The molecule has 1 saturated carbocycles. The molecule has 32 heavy (non-hydrogen) atoms. The standard InChI is InChI=1S/C26H32N2O3S/c1-18-5-7-20(8-6-18)25(21-9-10-21)27-26(29)22-13-15-28(16-14-22)32(30,31)24-12-11-19-3-2-4-23(19)17-24/h5-8,11-12,17,21-22,25H,2-4,9-10,13-16H2,1H3,(H,27,29). The van der Waals surface area contributed by atoms with Crippen LogP contribution in [-0.2, 0) is 27.7 Å². The zero-order valence-electron chi connectivity index (χ0n) is 18.7. The molecule has 2 aliphatic carbocycles. The number of amides is 1. The second kappa shape index (κ2) is 8.64. The Morgan fingerprint density at radius 1 is 0.969 bits per heavy atom. The van der Waals surface area contributed by atoms with Gasteiger partial charge in [-0.3, -0.25) is 4.79 Å². The first kappa shape index (κ1) is 21.7. The van der Waals surface area contributed by atoms with Gasteiger partial charge in [0, 0.05) is 19.0 Å². The molecule has 5 rings (SSSR count). The van der Waals surface area contributed by atoms with Crippen LogP contribution >= 0.6 is 0 Å². The fraction of sp³-hybridized carbons (Fsp3) is 0.500. The summed E-state index contributed by atoms with van der Waals surface area (Å²) in [6.07, 6.45) is 6.55. The number of carbonyl (C=O) groups is 1. The molecular formula is C26H32N2O3S. The van der Waals surface area contributed by atoms with Crippen LogP contribution in [0.1, 0.15) is 60.4 Å². The van der Waals surface area contributed by atoms with E-state index >= 15 is 0 Å². The normalized spacial score (nSPS) is 20.7. The van der Waals surface area contributed by atoms with Crippen LogP contribution in [0.5, 0.6) is 0 Å². The lowest BCUT2D eigenvalue weighted by atomic mass is 9.95. The molecule has 1 heterocycles. The van der Waals surface area contributed by atoms with Gasteiger partial charge < -0.3 is 5.32 Å². The van der Waals surface area contributed by atoms with Gasteiger partial charge in [-0.05, 0) is 86.6 Å². The van der Waals surface area contributed by atoms with Crippen molar-refractivity contribution in [2.45, 2.75) is 62.8 Å². The van der Waals surface area contributed by atoms with Crippen molar-refractivity contribution in [3.8, 4) is 0 Å². The van der Waals surface area contributed by atoms with Crippen molar-refractivity contribution in [3.63, 3.8) is 0 Å². The number of piperidine rings is 1. The van der Waals surface area contributed by atoms with E-state index in [1.807, 2.05) is 12.1 Å². The quantitative estimate of drug-likeness (QED) is 0.716. The van der Waals surface area contributed by atoms with E-state index in [4.69, 9.17) is 0 Å². The van der Waals surface area contributed by atoms with E-state index in [0.29, 0.717) is 36.7 Å². The molecule has 3 aliphatic rings. The van der Waals surface area contributed by atoms with Crippen LogP contribution in [0.15, 0.2) is 47.4 Å². The smallest absolute Gasteiger partial charge is 0.243 e. The molecule has 6 heteroatoms. The van der Waals surface area contributed by atoms with Gasteiger partial charge in [0.25, 0.3) is 0 Å². The lowest BCUT2D eigenvalue weighted by molar-refractivity contribution is -0.127. The summed E-state index contributed by atoms with van der Waals surface area (Å²) < 4.78 is 27.9. The van der Waals surface area contributed by atoms with E-state index in [0.717, 1.165) is 32.1 Å². The van der Waals surface area contributed by atoms with Gasteiger partial charge in [-0.15, -0.1) is 0 Å². The van der Waals surface area contributed by atoms with Crippen LogP contribution in [0, 0.1) is 18.8 Å². The Hall–Kier alpha value is -2.18. The number of fused-ring (bicyclic) bond motifs is 1. The molecule has 1 unspecified atom stereocenters. The summed E-state index contributed by atoms with van der Waals surface area (Å²) in [5.74, 6) is 0.451. The zero-order chi connectivity index (χ0) is 22.3. The number of hydrogen-bond donors (Lipinski definition) is 1. The second-order valence-electron chi connectivity index (χ2n) is 9.70. The Bertz CT molecular complexity index is 1100. The highest BCUT2D eigenvalue weighted by Gasteiger charge is 2.37. The molecule has 1 atom stereocenters. The van der Waals surface area contributed by atoms with Crippen LogP contribution in [0.3, 0.4) is 0 Å². The van der Waals surface area contributed by atoms with E-state index < -0.39 is 10.0 Å². The van der Waals surface area contributed by atoms with E-state index in [1.54, 1.807) is 10.4 Å². The van der Waals surface area contributed by atoms with Gasteiger partial charge in [0.05, 0.1) is 10.9 Å². The lowest BCUT2D eigenvalue weighted by Crippen LogP contribution is -2.44. The Morgan fingerprint density at radius 3 is 2.34 bits per heavy atom. The number of carbonyl (C=O) groups excluding carboxylic acids is 1. The molecule has 0 spiro atoms. The number of rotatable bonds is 6. The summed E-state index contributed by atoms with van der Waals surface area (Å²) in [4.78, 5) is 13.5. The van der Waals surface area contributed by atoms with Gasteiger partial charge in [-0.1, -0.05) is 35.9 Å². The molecule has 1 aliphatic heterocycles. The summed E-state index contributed by atoms with van der Waals surface area (Å²) in [6.45, 7) is 2.87. The van der Waals surface area contributed by atoms with Gasteiger partial charge in [-0.2, -0.15) is 4.31 Å². The number of aryl methyl sites for hydroxylation is 3. The zero-order valence-corrected chi connectivity index (χ0v) is 19.5. The van der Waals surface area contributed by atoms with Crippen LogP contribution in [0.4, 0.5) is 0 Å². The van der Waals surface area contributed by atoms with E-state index in [2.05, 4.69) is 36.5 Å². The molecule has 2 aromatic rings. The van der Waals surface area contributed by atoms with Gasteiger partial charge in [-0.25, -0.2) is 8.42 Å². The minimum absolute atomic E-state index is 0.0660. The minimum atomic E-state index is -3.50. The first-order chi connectivity index (χ1) is 15.4. The molecular weight excluding hydrogens is 420 g/mol. The topological polar surface area (TPSA) is 66.5 Å². The molecule has 0 aromatic heterocycles. The molecule has 2 fully saturated rings. The maximum atomic E-state index is 13.2. The van der Waals surface area contributed by atoms with Crippen LogP contribution in [0.25, 0.3) is 0 Å². The summed E-state index contributed by atoms with van der Waals surface area (Å²) in [7, 11) is -3.50. The molecule has 0 radical (unpaired) electrons. The third-order valence-electron chi connectivity index (χ3n) is 7.36. The predicted octanol–water partition coefficient (Wildman–Crippen LogP) is 4.15. The third-order valence-corrected chi connectivity index (χ3v) is 9.25. The van der Waals surface area contributed by atoms with Crippen LogP contribution < -0.4 is 5.32 Å². The van der Waals surface area contributed by atoms with Gasteiger partial charge >= 0.3 is 0 Å². The van der Waals surface area contributed by atoms with E-state index in [9.17, 15) is 13.2 Å². The van der Waals surface area contributed by atoms with Crippen molar-refractivity contribution in [3.05, 3.63) is 64.7 Å². The monoisotopic (exact) mass is 452 g/mol. The number of benzene rings is 2. The van der Waals surface area contributed by atoms with Gasteiger partial charge in [0.15, 0.2) is 0 Å². The lowest BCUT2D eigenvalue weighted by Gasteiger charge is -2.31. The van der Waals surface area contributed by atoms with Crippen molar-refractivity contribution in [1.29, 1.82) is 0 Å². The van der Waals surface area contributed by atoms with Crippen molar-refractivity contribution in [2.75, 3.05) is 13.1 Å². The van der Waals surface area contributed by atoms with Crippen LogP contribution in [-0.4, -0.2) is 31.7 Å². The summed E-state index contributed by atoms with van der Waals surface area (Å²) in [5, 5.41) is 3.29. The molecule has 170 valence electrons. The number of nitrogens with zero attached hydrogens (tertiary/aromatic N) is 1. The summed E-state index contributed by atoms with van der Waals surface area (Å²) in [6, 6.07) is 14.1. The largest absolute Gasteiger partial charge is 0.349 e. The molecule has 2 aromatic carbocycles. The Morgan fingerprint density at radius 2 is 1.66 bits per heavy atom. The second-order valence-corrected chi connectivity index (χ2v) is 11.6. The van der Waals surface area contributed by atoms with Crippen molar-refractivity contribution in [1.82, 2.24) is 9.62 Å². The average Bonchev–Trinajstić information content (AvgIpc) is 3.54. The van der Waals surface area contributed by atoms with E-state index in [1.165, 1.54) is 22.3 Å². The van der Waals surface area contributed by atoms with Gasteiger partial charge in [0.1, 0.15) is 0 Å². The van der Waals surface area contributed by atoms with Crippen LogP contribution in [0.2, 0.25) is 0 Å². The molecule has 1 saturated heterocycles. The Balaban J connectivity index is 1.22. The Kier molecular flexibility index (Phi) is 5.84. The molecule has 1 N–H and O–H groups in total. The number of hydrogen-bond acceptors (Lipinski definition) is 3. The average molecular weight is 453 g/mol. The molecule has 1 amide bonds. The highest BCUT2D eigenvalue weighted by molar-refractivity contribution is 7.89. The Labute approximate surface area is 191 Å². The fourth-order valence-corrected chi connectivity index (χ4v) is 6.68. The SMILES string of the molecule is Cc1ccc(C(NC(=O)C2CCN(S(=O)(=O)c3ccc4c(c3)CCC4)CC2)C2CC2)cc1. The number of nitrogens with one attached hydrogen (secondary N) is 1. The van der Waals surface area contributed by atoms with Gasteiger partial charge in [0.2, 0.25) is 15.9 Å². The maximum absolute atomic E-state index is 13.2. The van der Waals surface area contributed by atoms with E-state index in [-0.39, 0.29) is 17.9 Å². The molecule has 5 nitrogen and oxygen atoms in total. The highest BCUT2D eigenvalue weighted by Crippen LogP contribution is 2.41. The first-order valence-corrected chi connectivity index (χ1v) is 13.3. The summed E-state index contributed by atoms with van der Waals surface area (Å²) >= 11 is 0. The van der Waals surface area contributed by atoms with Crippen molar-refractivity contribution < 1.29 is 13.2 Å². The highest BCUT2D eigenvalue weighted by atomic mass is 32.2. The summed E-state index contributed by atoms with van der Waals surface area (Å²) in [5.41, 5.74) is 4.83. The van der Waals surface area contributed by atoms with Crippen molar-refractivity contribution in [2.24, 2.45) is 11.8 Å². The fourth-order valence-electron chi connectivity index (χ4n) is 5.16. The maximum Gasteiger partial charge on any atom is 0.243 e. The predicted molar refractivity (Wildman–Crippen MR) is 125 cm³/mol. The van der Waals surface area contributed by atoms with Crippen molar-refractivity contribution >= 4 is 15.9 Å². The minimum Gasteiger partial charge on any atom is -0.349 e. The molecule has 0 bridgehead atoms. The number of sulfonamides is 1.